The van der Waals surface area contributed by atoms with Crippen LogP contribution in [0, 0.1) is 6.92 Å². The van der Waals surface area contributed by atoms with Crippen LogP contribution in [-0.2, 0) is 16.6 Å². The number of nitrogens with one attached hydrogen (secondary N) is 2. The third-order valence-corrected chi connectivity index (χ3v) is 6.11. The van der Waals surface area contributed by atoms with Gasteiger partial charge in [-0.1, -0.05) is 6.42 Å². The Morgan fingerprint density at radius 2 is 2.00 bits per heavy atom. The first-order chi connectivity index (χ1) is 9.59. The molecule has 0 aromatic carbocycles. The third kappa shape index (κ3) is 2.75. The zero-order valence-electron chi connectivity index (χ0n) is 11.9. The van der Waals surface area contributed by atoms with Crippen molar-refractivity contribution < 1.29 is 8.42 Å². The Kier molecular flexibility index (Phi) is 3.83. The van der Waals surface area contributed by atoms with Crippen LogP contribution in [0.4, 0.5) is 0 Å². The molecular formula is C13H22N4O2S. The van der Waals surface area contributed by atoms with E-state index in [-0.39, 0.29) is 0 Å². The SMILES string of the molecule is Cc1[nH]nc(CNC2CC2)c1S(=O)(=O)N1CCCCC1. The van der Waals surface area contributed by atoms with E-state index in [4.69, 9.17) is 0 Å². The van der Waals surface area contributed by atoms with Gasteiger partial charge in [0.15, 0.2) is 0 Å². The molecule has 1 aliphatic carbocycles. The van der Waals surface area contributed by atoms with Crippen LogP contribution >= 0.6 is 0 Å². The molecule has 2 aliphatic rings. The van der Waals surface area contributed by atoms with Crippen molar-refractivity contribution in [2.24, 2.45) is 0 Å². The Bertz CT molecular complexity index is 571. The van der Waals surface area contributed by atoms with Crippen molar-refractivity contribution in [2.75, 3.05) is 13.1 Å². The molecule has 2 heterocycles. The highest BCUT2D eigenvalue weighted by atomic mass is 32.2. The standard InChI is InChI=1S/C13H22N4O2S/c1-10-13(12(16-15-10)9-14-11-5-6-11)20(18,19)17-7-3-2-4-8-17/h11,14H,2-9H2,1H3,(H,15,16). The van der Waals surface area contributed by atoms with E-state index >= 15 is 0 Å². The Balaban J connectivity index is 1.84. The highest BCUT2D eigenvalue weighted by Crippen LogP contribution is 2.26. The van der Waals surface area contributed by atoms with E-state index < -0.39 is 10.0 Å². The van der Waals surface area contributed by atoms with Gasteiger partial charge in [-0.15, -0.1) is 0 Å². The van der Waals surface area contributed by atoms with Crippen LogP contribution in [0.3, 0.4) is 0 Å². The predicted molar refractivity (Wildman–Crippen MR) is 75.8 cm³/mol. The zero-order chi connectivity index (χ0) is 14.2. The van der Waals surface area contributed by atoms with Crippen molar-refractivity contribution in [3.8, 4) is 0 Å². The molecule has 20 heavy (non-hydrogen) atoms. The van der Waals surface area contributed by atoms with Crippen molar-refractivity contribution in [2.45, 2.75) is 56.5 Å². The van der Waals surface area contributed by atoms with Crippen molar-refractivity contribution in [3.63, 3.8) is 0 Å². The lowest BCUT2D eigenvalue weighted by molar-refractivity contribution is 0.346. The second-order valence-corrected chi connectivity index (χ2v) is 7.62. The first kappa shape index (κ1) is 14.0. The average Bonchev–Trinajstić information content (AvgIpc) is 3.20. The molecule has 112 valence electrons. The molecule has 1 saturated carbocycles. The molecule has 3 rings (SSSR count). The molecule has 0 amide bonds. The molecule has 1 saturated heterocycles. The molecule has 0 bridgehead atoms. The zero-order valence-corrected chi connectivity index (χ0v) is 12.7. The first-order valence-corrected chi connectivity index (χ1v) is 8.80. The highest BCUT2D eigenvalue weighted by Gasteiger charge is 2.32. The van der Waals surface area contributed by atoms with Crippen LogP contribution < -0.4 is 5.32 Å². The van der Waals surface area contributed by atoms with E-state index in [9.17, 15) is 8.42 Å². The lowest BCUT2D eigenvalue weighted by Crippen LogP contribution is -2.36. The molecule has 1 aromatic rings. The van der Waals surface area contributed by atoms with Crippen molar-refractivity contribution in [1.82, 2.24) is 19.8 Å². The third-order valence-electron chi connectivity index (χ3n) is 4.01. The molecule has 0 unspecified atom stereocenters. The van der Waals surface area contributed by atoms with Crippen molar-refractivity contribution >= 4 is 10.0 Å². The van der Waals surface area contributed by atoms with Gasteiger partial charge in [0.2, 0.25) is 10.0 Å². The van der Waals surface area contributed by atoms with Gasteiger partial charge in [-0.05, 0) is 32.6 Å². The quantitative estimate of drug-likeness (QED) is 0.854. The maximum atomic E-state index is 12.8. The average molecular weight is 298 g/mol. The van der Waals surface area contributed by atoms with Crippen LogP contribution in [0.2, 0.25) is 0 Å². The maximum Gasteiger partial charge on any atom is 0.246 e. The summed E-state index contributed by atoms with van der Waals surface area (Å²) in [6, 6.07) is 0.539. The molecule has 1 aromatic heterocycles. The van der Waals surface area contributed by atoms with Crippen LogP contribution in [-0.4, -0.2) is 42.1 Å². The van der Waals surface area contributed by atoms with E-state index in [0.717, 1.165) is 19.3 Å². The second-order valence-electron chi connectivity index (χ2n) is 5.74. The van der Waals surface area contributed by atoms with Crippen LogP contribution in [0.1, 0.15) is 43.5 Å². The number of piperidine rings is 1. The summed E-state index contributed by atoms with van der Waals surface area (Å²) in [5, 5.41) is 10.4. The molecule has 2 fully saturated rings. The van der Waals surface area contributed by atoms with Crippen LogP contribution in [0.5, 0.6) is 0 Å². The number of sulfonamides is 1. The normalized spacial score (nSPS) is 21.2. The smallest absolute Gasteiger partial charge is 0.246 e. The summed E-state index contributed by atoms with van der Waals surface area (Å²) in [6.07, 6.45) is 5.37. The van der Waals surface area contributed by atoms with Gasteiger partial charge >= 0.3 is 0 Å². The van der Waals surface area contributed by atoms with Gasteiger partial charge in [0, 0.05) is 25.7 Å². The van der Waals surface area contributed by atoms with Gasteiger partial charge in [-0.2, -0.15) is 9.40 Å². The number of H-pyrrole nitrogens is 1. The van der Waals surface area contributed by atoms with E-state index in [0.29, 0.717) is 42.0 Å². The fraction of sp³-hybridized carbons (Fsp3) is 0.769. The molecule has 0 atom stereocenters. The molecule has 0 radical (unpaired) electrons. The summed E-state index contributed by atoms with van der Waals surface area (Å²) in [5.74, 6) is 0. The van der Waals surface area contributed by atoms with E-state index in [2.05, 4.69) is 15.5 Å². The number of rotatable bonds is 5. The largest absolute Gasteiger partial charge is 0.308 e. The van der Waals surface area contributed by atoms with Gasteiger partial charge in [-0.25, -0.2) is 8.42 Å². The summed E-state index contributed by atoms with van der Waals surface area (Å²) < 4.78 is 27.2. The van der Waals surface area contributed by atoms with Crippen molar-refractivity contribution in [1.29, 1.82) is 0 Å². The Morgan fingerprint density at radius 1 is 1.30 bits per heavy atom. The van der Waals surface area contributed by atoms with E-state index in [1.165, 1.54) is 12.8 Å². The number of aromatic nitrogens is 2. The first-order valence-electron chi connectivity index (χ1n) is 7.36. The van der Waals surface area contributed by atoms with Crippen LogP contribution in [0.15, 0.2) is 4.90 Å². The van der Waals surface area contributed by atoms with Crippen LogP contribution in [0.25, 0.3) is 0 Å². The highest BCUT2D eigenvalue weighted by molar-refractivity contribution is 7.89. The fourth-order valence-corrected chi connectivity index (χ4v) is 4.54. The van der Waals surface area contributed by atoms with Gasteiger partial charge in [0.05, 0.1) is 11.4 Å². The Hall–Kier alpha value is -0.920. The Morgan fingerprint density at radius 3 is 2.65 bits per heavy atom. The lowest BCUT2D eigenvalue weighted by Gasteiger charge is -2.26. The summed E-state index contributed by atoms with van der Waals surface area (Å²) >= 11 is 0. The summed E-state index contributed by atoms with van der Waals surface area (Å²) in [7, 11) is -3.41. The minimum Gasteiger partial charge on any atom is -0.308 e. The number of hydrogen-bond acceptors (Lipinski definition) is 4. The minimum absolute atomic E-state index is 0.382. The topological polar surface area (TPSA) is 78.1 Å². The molecule has 0 spiro atoms. The number of hydrogen-bond donors (Lipinski definition) is 2. The molecule has 1 aliphatic heterocycles. The number of nitrogens with zero attached hydrogens (tertiary/aromatic N) is 2. The molecule has 6 nitrogen and oxygen atoms in total. The summed E-state index contributed by atoms with van der Waals surface area (Å²) in [6.45, 7) is 3.56. The monoisotopic (exact) mass is 298 g/mol. The van der Waals surface area contributed by atoms with Gasteiger partial charge in [0.1, 0.15) is 4.90 Å². The Labute approximate surface area is 120 Å². The second kappa shape index (κ2) is 5.46. The maximum absolute atomic E-state index is 12.8. The summed E-state index contributed by atoms with van der Waals surface area (Å²) in [4.78, 5) is 0.382. The molecule has 7 heteroatoms. The van der Waals surface area contributed by atoms with Gasteiger partial charge < -0.3 is 5.32 Å². The predicted octanol–water partition coefficient (Wildman–Crippen LogP) is 1.14. The number of aromatic amines is 1. The molecule has 2 N–H and O–H groups in total. The van der Waals surface area contributed by atoms with Crippen molar-refractivity contribution in [3.05, 3.63) is 11.4 Å². The summed E-state index contributed by atoms with van der Waals surface area (Å²) in [5.41, 5.74) is 1.27. The van der Waals surface area contributed by atoms with E-state index in [1.807, 2.05) is 0 Å². The van der Waals surface area contributed by atoms with Gasteiger partial charge in [-0.3, -0.25) is 5.10 Å². The number of aryl methyl sites for hydroxylation is 1. The lowest BCUT2D eigenvalue weighted by atomic mass is 10.2. The van der Waals surface area contributed by atoms with Gasteiger partial charge in [0.25, 0.3) is 0 Å². The fourth-order valence-electron chi connectivity index (χ4n) is 2.69. The van der Waals surface area contributed by atoms with E-state index in [1.54, 1.807) is 11.2 Å². The minimum atomic E-state index is -3.41. The molecular weight excluding hydrogens is 276 g/mol.